The molecule has 1 aromatic carbocycles. The fourth-order valence-corrected chi connectivity index (χ4v) is 4.77. The minimum atomic E-state index is -4.81. The first kappa shape index (κ1) is 26.3. The fourth-order valence-electron chi connectivity index (χ4n) is 4.03. The van der Waals surface area contributed by atoms with Crippen LogP contribution in [0.2, 0.25) is 0 Å². The Morgan fingerprint density at radius 2 is 1.84 bits per heavy atom. The number of amides is 1. The number of anilines is 1. The average molecular weight is 539 g/mol. The smallest absolute Gasteiger partial charge is 0.332 e. The standard InChI is InChI=1S/C23H22F4N6O3S/c1-30(2)8-13-9-33(19-18(13)31(3)22(36)32(4)20(19)35)10-17(34)29-21-28-16(11-37-21)12-5-6-14(15(24)7-12)23(25,26)27/h5-7,9,11H,8,10H2,1-4H3,(H,28,29,34). The van der Waals surface area contributed by atoms with E-state index < -0.39 is 34.7 Å². The number of alkyl halides is 3. The van der Waals surface area contributed by atoms with Crippen molar-refractivity contribution in [3.8, 4) is 11.3 Å². The van der Waals surface area contributed by atoms with Gasteiger partial charge in [0, 0.05) is 43.3 Å². The minimum absolute atomic E-state index is 0.122. The van der Waals surface area contributed by atoms with E-state index in [9.17, 15) is 31.9 Å². The Balaban J connectivity index is 1.61. The number of benzene rings is 1. The molecular formula is C23H22F4N6O3S. The van der Waals surface area contributed by atoms with Crippen LogP contribution in [0.25, 0.3) is 22.3 Å². The third-order valence-corrected chi connectivity index (χ3v) is 6.42. The normalized spacial score (nSPS) is 12.0. The predicted molar refractivity (Wildman–Crippen MR) is 131 cm³/mol. The fraction of sp³-hybridized carbons (Fsp3) is 0.304. The summed E-state index contributed by atoms with van der Waals surface area (Å²) in [6, 6.07) is 2.48. The summed E-state index contributed by atoms with van der Waals surface area (Å²) in [5, 5.41) is 4.21. The molecule has 4 aromatic rings. The highest BCUT2D eigenvalue weighted by atomic mass is 32.1. The van der Waals surface area contributed by atoms with Gasteiger partial charge < -0.3 is 14.8 Å². The molecule has 3 aromatic heterocycles. The van der Waals surface area contributed by atoms with E-state index in [2.05, 4.69) is 10.3 Å². The van der Waals surface area contributed by atoms with Gasteiger partial charge in [0.1, 0.15) is 17.9 Å². The van der Waals surface area contributed by atoms with Gasteiger partial charge in [0.05, 0.1) is 16.8 Å². The molecule has 9 nitrogen and oxygen atoms in total. The number of nitrogens with zero attached hydrogens (tertiary/aromatic N) is 5. The summed E-state index contributed by atoms with van der Waals surface area (Å²) in [5.74, 6) is -1.95. The van der Waals surface area contributed by atoms with E-state index in [4.69, 9.17) is 0 Å². The third kappa shape index (κ3) is 5.06. The van der Waals surface area contributed by atoms with Crippen LogP contribution in [-0.4, -0.2) is 43.6 Å². The first-order valence-electron chi connectivity index (χ1n) is 10.8. The van der Waals surface area contributed by atoms with Gasteiger partial charge in [-0.2, -0.15) is 13.2 Å². The molecule has 1 amide bonds. The van der Waals surface area contributed by atoms with Gasteiger partial charge in [0.15, 0.2) is 5.13 Å². The molecular weight excluding hydrogens is 516 g/mol. The number of nitrogens with one attached hydrogen (secondary N) is 1. The summed E-state index contributed by atoms with van der Waals surface area (Å²) in [5.41, 5.74) is -0.798. The van der Waals surface area contributed by atoms with Crippen LogP contribution >= 0.6 is 11.3 Å². The second-order valence-electron chi connectivity index (χ2n) is 8.70. The number of fused-ring (bicyclic) bond motifs is 1. The Labute approximate surface area is 211 Å². The molecule has 0 radical (unpaired) electrons. The quantitative estimate of drug-likeness (QED) is 0.381. The largest absolute Gasteiger partial charge is 0.419 e. The molecule has 0 bridgehead atoms. The van der Waals surface area contributed by atoms with E-state index in [1.54, 1.807) is 13.2 Å². The van der Waals surface area contributed by atoms with Gasteiger partial charge >= 0.3 is 11.9 Å². The molecule has 0 spiro atoms. The summed E-state index contributed by atoms with van der Waals surface area (Å²) < 4.78 is 56.2. The lowest BCUT2D eigenvalue weighted by molar-refractivity contribution is -0.140. The van der Waals surface area contributed by atoms with Gasteiger partial charge in [-0.15, -0.1) is 11.3 Å². The molecule has 14 heteroatoms. The van der Waals surface area contributed by atoms with E-state index in [1.807, 2.05) is 19.0 Å². The molecule has 0 aliphatic rings. The molecule has 1 N–H and O–H groups in total. The van der Waals surface area contributed by atoms with Gasteiger partial charge in [-0.05, 0) is 26.2 Å². The van der Waals surface area contributed by atoms with E-state index >= 15 is 0 Å². The van der Waals surface area contributed by atoms with Crippen molar-refractivity contribution in [1.82, 2.24) is 23.6 Å². The molecule has 0 unspecified atom stereocenters. The first-order valence-corrected chi connectivity index (χ1v) is 11.7. The van der Waals surface area contributed by atoms with Crippen molar-refractivity contribution < 1.29 is 22.4 Å². The summed E-state index contributed by atoms with van der Waals surface area (Å²) in [6.07, 6.45) is -3.17. The van der Waals surface area contributed by atoms with Gasteiger partial charge in [0.2, 0.25) is 5.91 Å². The molecule has 0 fully saturated rings. The Bertz CT molecular complexity index is 1630. The highest BCUT2D eigenvalue weighted by Gasteiger charge is 2.34. The van der Waals surface area contributed by atoms with Crippen molar-refractivity contribution in [2.75, 3.05) is 19.4 Å². The summed E-state index contributed by atoms with van der Waals surface area (Å²) >= 11 is 1.01. The predicted octanol–water partition coefficient (Wildman–Crippen LogP) is 3.02. The molecule has 196 valence electrons. The Kier molecular flexibility index (Phi) is 6.81. The zero-order valence-corrected chi connectivity index (χ0v) is 21.0. The average Bonchev–Trinajstić information content (AvgIpc) is 3.39. The zero-order valence-electron chi connectivity index (χ0n) is 20.2. The molecule has 3 heterocycles. The van der Waals surface area contributed by atoms with Crippen LogP contribution in [0.15, 0.2) is 39.4 Å². The van der Waals surface area contributed by atoms with Crippen LogP contribution < -0.4 is 16.6 Å². The number of hydrogen-bond donors (Lipinski definition) is 1. The lowest BCUT2D eigenvalue weighted by Gasteiger charge is -2.10. The topological polar surface area (TPSA) is 94.2 Å². The first-order chi connectivity index (χ1) is 17.3. The number of halogens is 4. The summed E-state index contributed by atoms with van der Waals surface area (Å²) in [6.45, 7) is 0.159. The Morgan fingerprint density at radius 3 is 2.46 bits per heavy atom. The molecule has 0 aliphatic heterocycles. The number of hydrogen-bond acceptors (Lipinski definition) is 6. The Hall–Kier alpha value is -3.78. The van der Waals surface area contributed by atoms with Crippen LogP contribution in [0.3, 0.4) is 0 Å². The highest BCUT2D eigenvalue weighted by molar-refractivity contribution is 7.14. The van der Waals surface area contributed by atoms with Crippen molar-refractivity contribution in [1.29, 1.82) is 0 Å². The van der Waals surface area contributed by atoms with Crippen molar-refractivity contribution in [2.24, 2.45) is 14.1 Å². The molecule has 0 saturated heterocycles. The monoisotopic (exact) mass is 538 g/mol. The van der Waals surface area contributed by atoms with Crippen LogP contribution in [-0.2, 0) is 38.2 Å². The maximum atomic E-state index is 13.9. The van der Waals surface area contributed by atoms with Crippen LogP contribution in [0.1, 0.15) is 11.1 Å². The summed E-state index contributed by atoms with van der Waals surface area (Å²) in [4.78, 5) is 44.2. The maximum Gasteiger partial charge on any atom is 0.419 e. The van der Waals surface area contributed by atoms with E-state index in [-0.39, 0.29) is 28.5 Å². The number of thiazole rings is 1. The third-order valence-electron chi connectivity index (χ3n) is 5.67. The van der Waals surface area contributed by atoms with E-state index in [0.29, 0.717) is 23.7 Å². The van der Waals surface area contributed by atoms with Crippen molar-refractivity contribution >= 4 is 33.4 Å². The SMILES string of the molecule is CN(C)Cc1cn(CC(=O)Nc2nc(-c3ccc(C(F)(F)F)c(F)c3)cs2)c2c(=O)n(C)c(=O)n(C)c12. The van der Waals surface area contributed by atoms with Crippen LogP contribution in [0.4, 0.5) is 22.7 Å². The second kappa shape index (κ2) is 9.59. The molecule has 4 rings (SSSR count). The zero-order chi connectivity index (χ0) is 27.2. The van der Waals surface area contributed by atoms with Crippen molar-refractivity contribution in [2.45, 2.75) is 19.3 Å². The van der Waals surface area contributed by atoms with Crippen LogP contribution in [0, 0.1) is 5.82 Å². The van der Waals surface area contributed by atoms with Crippen molar-refractivity contribution in [3.05, 3.63) is 67.6 Å². The Morgan fingerprint density at radius 1 is 1.14 bits per heavy atom. The van der Waals surface area contributed by atoms with E-state index in [0.717, 1.165) is 28.0 Å². The van der Waals surface area contributed by atoms with Gasteiger partial charge in [0.25, 0.3) is 5.56 Å². The number of carbonyl (C=O) groups is 1. The van der Waals surface area contributed by atoms with Crippen molar-refractivity contribution in [3.63, 3.8) is 0 Å². The van der Waals surface area contributed by atoms with E-state index in [1.165, 1.54) is 21.6 Å². The molecule has 37 heavy (non-hydrogen) atoms. The second-order valence-corrected chi connectivity index (χ2v) is 9.56. The number of aromatic nitrogens is 4. The molecule has 0 aliphatic carbocycles. The lowest BCUT2D eigenvalue weighted by Crippen LogP contribution is -2.38. The number of aryl methyl sites for hydroxylation is 1. The number of carbonyl (C=O) groups excluding carboxylic acids is 1. The molecule has 0 saturated carbocycles. The number of rotatable bonds is 6. The lowest BCUT2D eigenvalue weighted by atomic mass is 10.1. The van der Waals surface area contributed by atoms with Gasteiger partial charge in [-0.3, -0.25) is 18.7 Å². The minimum Gasteiger partial charge on any atom is -0.332 e. The molecule has 0 atom stereocenters. The highest BCUT2D eigenvalue weighted by Crippen LogP contribution is 2.34. The van der Waals surface area contributed by atoms with Crippen LogP contribution in [0.5, 0.6) is 0 Å². The summed E-state index contributed by atoms with van der Waals surface area (Å²) in [7, 11) is 6.57. The maximum absolute atomic E-state index is 13.9. The van der Waals surface area contributed by atoms with Gasteiger partial charge in [-0.25, -0.2) is 14.2 Å². The van der Waals surface area contributed by atoms with Gasteiger partial charge in [-0.1, -0.05) is 6.07 Å².